The van der Waals surface area contributed by atoms with Crippen molar-refractivity contribution in [3.63, 3.8) is 0 Å². The summed E-state index contributed by atoms with van der Waals surface area (Å²) in [5, 5.41) is 0. The molecular formula is C15H20N2O3. The zero-order valence-corrected chi connectivity index (χ0v) is 11.7. The number of ether oxygens (including phenoxy) is 2. The number of esters is 1. The summed E-state index contributed by atoms with van der Waals surface area (Å²) in [7, 11) is 0. The zero-order chi connectivity index (χ0) is 13.9. The molecule has 5 nitrogen and oxygen atoms in total. The monoisotopic (exact) mass is 276 g/mol. The van der Waals surface area contributed by atoms with Gasteiger partial charge in [-0.15, -0.1) is 0 Å². The first-order valence-corrected chi connectivity index (χ1v) is 7.08. The first kappa shape index (κ1) is 13.4. The molecule has 1 aromatic rings. The first-order chi connectivity index (χ1) is 9.70. The van der Waals surface area contributed by atoms with Crippen molar-refractivity contribution in [3.05, 3.63) is 24.3 Å². The molecule has 2 heterocycles. The van der Waals surface area contributed by atoms with Gasteiger partial charge in [0.05, 0.1) is 12.7 Å². The van der Waals surface area contributed by atoms with E-state index >= 15 is 0 Å². The van der Waals surface area contributed by atoms with Crippen LogP contribution in [0.15, 0.2) is 24.3 Å². The number of rotatable bonds is 4. The van der Waals surface area contributed by atoms with Gasteiger partial charge in [-0.25, -0.2) is 0 Å². The molecule has 2 fully saturated rings. The Hall–Kier alpha value is -1.59. The number of benzene rings is 1. The molecule has 0 bridgehead atoms. The lowest BCUT2D eigenvalue weighted by atomic mass is 10.2. The Balaban J connectivity index is 1.53. The topological polar surface area (TPSA) is 45.3 Å². The molecule has 1 atom stereocenters. The number of anilines is 1. The van der Waals surface area contributed by atoms with Gasteiger partial charge in [0.1, 0.15) is 5.75 Å². The maximum absolute atomic E-state index is 10.9. The molecule has 3 rings (SSSR count). The van der Waals surface area contributed by atoms with Crippen LogP contribution in [0.1, 0.15) is 6.92 Å². The minimum absolute atomic E-state index is 0.284. The van der Waals surface area contributed by atoms with Gasteiger partial charge >= 0.3 is 5.97 Å². The second-order valence-electron chi connectivity index (χ2n) is 5.33. The smallest absolute Gasteiger partial charge is 0.308 e. The average Bonchev–Trinajstić information content (AvgIpc) is 3.24. The van der Waals surface area contributed by atoms with Crippen molar-refractivity contribution >= 4 is 11.7 Å². The number of carbonyl (C=O) groups is 1. The summed E-state index contributed by atoms with van der Waals surface area (Å²) < 4.78 is 10.3. The van der Waals surface area contributed by atoms with E-state index in [9.17, 15) is 4.79 Å². The minimum Gasteiger partial charge on any atom is -0.427 e. The summed E-state index contributed by atoms with van der Waals surface area (Å²) in [6, 6.07) is 7.72. The molecule has 108 valence electrons. The second kappa shape index (κ2) is 5.81. The maximum Gasteiger partial charge on any atom is 0.308 e. The van der Waals surface area contributed by atoms with Crippen molar-refractivity contribution in [2.24, 2.45) is 0 Å². The van der Waals surface area contributed by atoms with Crippen LogP contribution in [0, 0.1) is 0 Å². The lowest BCUT2D eigenvalue weighted by Crippen LogP contribution is -2.47. The Morgan fingerprint density at radius 1 is 1.25 bits per heavy atom. The summed E-state index contributed by atoms with van der Waals surface area (Å²) in [5.74, 6) is 0.319. The van der Waals surface area contributed by atoms with Crippen LogP contribution in [0.2, 0.25) is 0 Å². The highest BCUT2D eigenvalue weighted by Gasteiger charge is 2.27. The van der Waals surface area contributed by atoms with Gasteiger partial charge < -0.3 is 14.4 Å². The standard InChI is InChI=1S/C15H20N2O3/c1-12(18)20-14-4-2-13(3-5-14)17-8-6-16(7-9-17)10-15-11-19-15/h2-5,15H,6-11H2,1H3. The van der Waals surface area contributed by atoms with Crippen molar-refractivity contribution in [1.82, 2.24) is 4.90 Å². The molecule has 0 spiro atoms. The Kier molecular flexibility index (Phi) is 3.89. The van der Waals surface area contributed by atoms with Gasteiger partial charge in [0, 0.05) is 45.3 Å². The zero-order valence-electron chi connectivity index (χ0n) is 11.7. The van der Waals surface area contributed by atoms with Crippen molar-refractivity contribution in [2.75, 3.05) is 44.2 Å². The minimum atomic E-state index is -0.284. The third-order valence-corrected chi connectivity index (χ3v) is 3.70. The van der Waals surface area contributed by atoms with Crippen LogP contribution < -0.4 is 9.64 Å². The quantitative estimate of drug-likeness (QED) is 0.469. The highest BCUT2D eigenvalue weighted by molar-refractivity contribution is 5.69. The van der Waals surface area contributed by atoms with Gasteiger partial charge in [-0.05, 0) is 24.3 Å². The third-order valence-electron chi connectivity index (χ3n) is 3.70. The third kappa shape index (κ3) is 3.49. The van der Waals surface area contributed by atoms with E-state index in [1.165, 1.54) is 12.6 Å². The van der Waals surface area contributed by atoms with Crippen molar-refractivity contribution in [2.45, 2.75) is 13.0 Å². The summed E-state index contributed by atoms with van der Waals surface area (Å²) in [6.07, 6.45) is 0.476. The second-order valence-corrected chi connectivity index (χ2v) is 5.33. The van der Waals surface area contributed by atoms with E-state index in [1.807, 2.05) is 24.3 Å². The van der Waals surface area contributed by atoms with E-state index in [4.69, 9.17) is 9.47 Å². The lowest BCUT2D eigenvalue weighted by molar-refractivity contribution is -0.131. The van der Waals surface area contributed by atoms with Gasteiger partial charge in [0.15, 0.2) is 0 Å². The van der Waals surface area contributed by atoms with Crippen LogP contribution in [0.25, 0.3) is 0 Å². The van der Waals surface area contributed by atoms with E-state index in [-0.39, 0.29) is 5.97 Å². The number of carbonyl (C=O) groups excluding carboxylic acids is 1. The molecule has 20 heavy (non-hydrogen) atoms. The highest BCUT2D eigenvalue weighted by Crippen LogP contribution is 2.21. The number of hydrogen-bond donors (Lipinski definition) is 0. The fraction of sp³-hybridized carbons (Fsp3) is 0.533. The van der Waals surface area contributed by atoms with Crippen molar-refractivity contribution in [3.8, 4) is 5.75 Å². The van der Waals surface area contributed by atoms with E-state index < -0.39 is 0 Å². The molecule has 0 aliphatic carbocycles. The molecule has 0 aromatic heterocycles. The number of nitrogens with zero attached hydrogens (tertiary/aromatic N) is 2. The lowest BCUT2D eigenvalue weighted by Gasteiger charge is -2.35. The molecule has 0 amide bonds. The Bertz CT molecular complexity index is 463. The highest BCUT2D eigenvalue weighted by atomic mass is 16.6. The molecule has 0 radical (unpaired) electrons. The predicted octanol–water partition coefficient (Wildman–Crippen LogP) is 1.13. The van der Waals surface area contributed by atoms with Crippen molar-refractivity contribution in [1.29, 1.82) is 0 Å². The van der Waals surface area contributed by atoms with E-state index in [0.29, 0.717) is 11.9 Å². The van der Waals surface area contributed by atoms with E-state index in [2.05, 4.69) is 9.80 Å². The van der Waals surface area contributed by atoms with E-state index in [1.54, 1.807) is 0 Å². The number of epoxide rings is 1. The van der Waals surface area contributed by atoms with Crippen LogP contribution in [0.5, 0.6) is 5.75 Å². The molecule has 0 saturated carbocycles. The maximum atomic E-state index is 10.9. The van der Waals surface area contributed by atoms with Crippen LogP contribution in [-0.2, 0) is 9.53 Å². The van der Waals surface area contributed by atoms with Gasteiger partial charge in [-0.2, -0.15) is 0 Å². The first-order valence-electron chi connectivity index (χ1n) is 7.08. The largest absolute Gasteiger partial charge is 0.427 e. The summed E-state index contributed by atoms with van der Waals surface area (Å²) in [4.78, 5) is 15.7. The Morgan fingerprint density at radius 2 is 1.90 bits per heavy atom. The molecule has 2 saturated heterocycles. The Morgan fingerprint density at radius 3 is 2.45 bits per heavy atom. The predicted molar refractivity (Wildman–Crippen MR) is 76.1 cm³/mol. The van der Waals surface area contributed by atoms with Crippen LogP contribution >= 0.6 is 0 Å². The molecule has 0 N–H and O–H groups in total. The molecule has 1 unspecified atom stereocenters. The van der Waals surface area contributed by atoms with E-state index in [0.717, 1.165) is 39.3 Å². The van der Waals surface area contributed by atoms with Crippen LogP contribution in [-0.4, -0.2) is 56.3 Å². The number of hydrogen-bond acceptors (Lipinski definition) is 5. The van der Waals surface area contributed by atoms with Gasteiger partial charge in [-0.3, -0.25) is 9.69 Å². The van der Waals surface area contributed by atoms with Gasteiger partial charge in [-0.1, -0.05) is 0 Å². The molecule has 2 aliphatic rings. The summed E-state index contributed by atoms with van der Waals surface area (Å²) in [6.45, 7) is 7.62. The van der Waals surface area contributed by atoms with Crippen molar-refractivity contribution < 1.29 is 14.3 Å². The summed E-state index contributed by atoms with van der Waals surface area (Å²) >= 11 is 0. The fourth-order valence-corrected chi connectivity index (χ4v) is 2.54. The molecule has 2 aliphatic heterocycles. The SMILES string of the molecule is CC(=O)Oc1ccc(N2CCN(CC3CO3)CC2)cc1. The molecule has 5 heteroatoms. The van der Waals surface area contributed by atoms with Gasteiger partial charge in [0.25, 0.3) is 0 Å². The van der Waals surface area contributed by atoms with Crippen LogP contribution in [0.4, 0.5) is 5.69 Å². The number of piperazine rings is 1. The average molecular weight is 276 g/mol. The fourth-order valence-electron chi connectivity index (χ4n) is 2.54. The molecule has 1 aromatic carbocycles. The van der Waals surface area contributed by atoms with Crippen LogP contribution in [0.3, 0.4) is 0 Å². The van der Waals surface area contributed by atoms with Gasteiger partial charge in [0.2, 0.25) is 0 Å². The normalized spacial score (nSPS) is 22.6. The Labute approximate surface area is 119 Å². The molecular weight excluding hydrogens is 256 g/mol. The summed E-state index contributed by atoms with van der Waals surface area (Å²) in [5.41, 5.74) is 1.18.